The van der Waals surface area contributed by atoms with Crippen molar-refractivity contribution >= 4 is 0 Å². The fourth-order valence-corrected chi connectivity index (χ4v) is 1.75. The molecule has 0 bridgehead atoms. The zero-order valence-corrected chi connectivity index (χ0v) is 8.97. The molecular weight excluding hydrogens is 162 g/mol. The van der Waals surface area contributed by atoms with E-state index in [2.05, 4.69) is 19.2 Å². The molecule has 0 aromatic carbocycles. The van der Waals surface area contributed by atoms with Gasteiger partial charge in [0, 0.05) is 18.6 Å². The van der Waals surface area contributed by atoms with Gasteiger partial charge in [-0.05, 0) is 31.7 Å². The summed E-state index contributed by atoms with van der Waals surface area (Å²) < 4.78 is 0. The Balaban J connectivity index is 2.00. The molecule has 1 rings (SSSR count). The lowest BCUT2D eigenvalue weighted by atomic mass is 10.1. The highest BCUT2D eigenvalue weighted by atomic mass is 16.3. The van der Waals surface area contributed by atoms with Crippen LogP contribution in [0.4, 0.5) is 0 Å². The Hall–Kier alpha value is -0.0800. The number of nitrogens with one attached hydrogen (secondary N) is 1. The zero-order valence-electron chi connectivity index (χ0n) is 8.97. The first-order chi connectivity index (χ1) is 6.22. The fraction of sp³-hybridized carbons (Fsp3) is 1.00. The molecule has 13 heavy (non-hydrogen) atoms. The summed E-state index contributed by atoms with van der Waals surface area (Å²) in [6.45, 7) is 7.00. The first-order valence-corrected chi connectivity index (χ1v) is 5.54. The molecule has 0 spiro atoms. The maximum Gasteiger partial charge on any atom is 0.0499 e. The van der Waals surface area contributed by atoms with Gasteiger partial charge in [-0.1, -0.05) is 20.3 Å². The Morgan fingerprint density at radius 3 is 2.62 bits per heavy atom. The molecule has 0 amide bonds. The van der Waals surface area contributed by atoms with Crippen molar-refractivity contribution in [2.75, 3.05) is 19.7 Å². The van der Waals surface area contributed by atoms with Crippen LogP contribution < -0.4 is 5.32 Å². The lowest BCUT2D eigenvalue weighted by Crippen LogP contribution is -2.29. The zero-order chi connectivity index (χ0) is 9.73. The molecule has 2 heteroatoms. The summed E-state index contributed by atoms with van der Waals surface area (Å²) in [7, 11) is 0. The van der Waals surface area contributed by atoms with Crippen LogP contribution in [0.15, 0.2) is 0 Å². The van der Waals surface area contributed by atoms with E-state index in [9.17, 15) is 0 Å². The summed E-state index contributed by atoms with van der Waals surface area (Å²) in [4.78, 5) is 0. The van der Waals surface area contributed by atoms with Crippen LogP contribution in [0.5, 0.6) is 0 Å². The molecule has 1 atom stereocenters. The first-order valence-electron chi connectivity index (χ1n) is 5.54. The van der Waals surface area contributed by atoms with Gasteiger partial charge in [0.1, 0.15) is 0 Å². The van der Waals surface area contributed by atoms with E-state index in [0.717, 1.165) is 19.0 Å². The third kappa shape index (κ3) is 3.65. The van der Waals surface area contributed by atoms with Crippen molar-refractivity contribution in [1.29, 1.82) is 0 Å². The van der Waals surface area contributed by atoms with E-state index < -0.39 is 0 Å². The summed E-state index contributed by atoms with van der Waals surface area (Å²) in [5, 5.41) is 12.5. The van der Waals surface area contributed by atoms with Gasteiger partial charge >= 0.3 is 0 Å². The second-order valence-electron chi connectivity index (χ2n) is 4.68. The standard InChI is InChI=1S/C11H23NO/c1-3-4-10(2)7-12-8-11(9-13)5-6-11/h10,12-13H,3-9H2,1-2H3. The molecule has 0 aliphatic heterocycles. The molecule has 0 radical (unpaired) electrons. The van der Waals surface area contributed by atoms with E-state index in [4.69, 9.17) is 5.11 Å². The Kier molecular flexibility index (Phi) is 4.20. The molecule has 1 aliphatic rings. The van der Waals surface area contributed by atoms with E-state index in [0.29, 0.717) is 6.61 Å². The van der Waals surface area contributed by atoms with Gasteiger partial charge in [-0.2, -0.15) is 0 Å². The predicted molar refractivity (Wildman–Crippen MR) is 55.7 cm³/mol. The fourth-order valence-electron chi connectivity index (χ4n) is 1.75. The summed E-state index contributed by atoms with van der Waals surface area (Å²) in [6.07, 6.45) is 4.99. The van der Waals surface area contributed by atoms with Gasteiger partial charge in [-0.25, -0.2) is 0 Å². The van der Waals surface area contributed by atoms with Crippen LogP contribution >= 0.6 is 0 Å². The van der Waals surface area contributed by atoms with Gasteiger partial charge in [0.25, 0.3) is 0 Å². The molecule has 0 aromatic rings. The SMILES string of the molecule is CCCC(C)CNCC1(CO)CC1. The van der Waals surface area contributed by atoms with Gasteiger partial charge in [0.15, 0.2) is 0 Å². The van der Waals surface area contributed by atoms with Crippen LogP contribution in [0.2, 0.25) is 0 Å². The highest BCUT2D eigenvalue weighted by Gasteiger charge is 2.41. The maximum atomic E-state index is 9.09. The minimum atomic E-state index is 0.270. The smallest absolute Gasteiger partial charge is 0.0499 e. The second kappa shape index (κ2) is 4.97. The van der Waals surface area contributed by atoms with Gasteiger partial charge in [0.2, 0.25) is 0 Å². The van der Waals surface area contributed by atoms with Crippen molar-refractivity contribution in [1.82, 2.24) is 5.32 Å². The quantitative estimate of drug-likeness (QED) is 0.634. The van der Waals surface area contributed by atoms with Crippen molar-refractivity contribution in [2.45, 2.75) is 39.5 Å². The van der Waals surface area contributed by atoms with Crippen LogP contribution in [0.1, 0.15) is 39.5 Å². The van der Waals surface area contributed by atoms with E-state index in [1.54, 1.807) is 0 Å². The Labute approximate surface area is 81.7 Å². The van der Waals surface area contributed by atoms with Crippen LogP contribution in [0.3, 0.4) is 0 Å². The number of aliphatic hydroxyl groups is 1. The minimum absolute atomic E-state index is 0.270. The summed E-state index contributed by atoms with van der Waals surface area (Å²) in [5.74, 6) is 0.777. The van der Waals surface area contributed by atoms with Crippen molar-refractivity contribution in [2.24, 2.45) is 11.3 Å². The molecule has 1 saturated carbocycles. The van der Waals surface area contributed by atoms with Gasteiger partial charge < -0.3 is 10.4 Å². The number of aliphatic hydroxyl groups excluding tert-OH is 1. The van der Waals surface area contributed by atoms with Crippen LogP contribution in [0, 0.1) is 11.3 Å². The molecule has 0 aromatic heterocycles. The molecule has 1 fully saturated rings. The second-order valence-corrected chi connectivity index (χ2v) is 4.68. The molecule has 0 heterocycles. The number of rotatable bonds is 7. The highest BCUT2D eigenvalue weighted by molar-refractivity contribution is 4.94. The Morgan fingerprint density at radius 1 is 1.46 bits per heavy atom. The van der Waals surface area contributed by atoms with Crippen LogP contribution in [-0.2, 0) is 0 Å². The largest absolute Gasteiger partial charge is 0.396 e. The minimum Gasteiger partial charge on any atom is -0.396 e. The van der Waals surface area contributed by atoms with E-state index in [1.165, 1.54) is 25.7 Å². The molecular formula is C11H23NO. The average Bonchev–Trinajstić information content (AvgIpc) is 2.86. The van der Waals surface area contributed by atoms with E-state index >= 15 is 0 Å². The lowest BCUT2D eigenvalue weighted by Gasteiger charge is -2.15. The van der Waals surface area contributed by atoms with Crippen LogP contribution in [0.25, 0.3) is 0 Å². The lowest BCUT2D eigenvalue weighted by molar-refractivity contribution is 0.206. The molecule has 0 saturated heterocycles. The first kappa shape index (κ1) is 11.0. The molecule has 2 nitrogen and oxygen atoms in total. The van der Waals surface area contributed by atoms with Gasteiger partial charge in [-0.3, -0.25) is 0 Å². The summed E-state index contributed by atoms with van der Waals surface area (Å²) in [6, 6.07) is 0. The van der Waals surface area contributed by atoms with Crippen LogP contribution in [-0.4, -0.2) is 24.8 Å². The summed E-state index contributed by atoms with van der Waals surface area (Å²) in [5.41, 5.74) is 0.270. The molecule has 78 valence electrons. The average molecular weight is 185 g/mol. The Morgan fingerprint density at radius 2 is 2.15 bits per heavy atom. The van der Waals surface area contributed by atoms with Crippen molar-refractivity contribution in [3.05, 3.63) is 0 Å². The van der Waals surface area contributed by atoms with Gasteiger partial charge in [-0.15, -0.1) is 0 Å². The molecule has 2 N–H and O–H groups in total. The number of hydrogen-bond acceptors (Lipinski definition) is 2. The number of hydrogen-bond donors (Lipinski definition) is 2. The van der Waals surface area contributed by atoms with Crippen molar-refractivity contribution in [3.8, 4) is 0 Å². The van der Waals surface area contributed by atoms with E-state index in [1.807, 2.05) is 0 Å². The monoisotopic (exact) mass is 185 g/mol. The molecule has 1 unspecified atom stereocenters. The third-order valence-corrected chi connectivity index (χ3v) is 3.07. The van der Waals surface area contributed by atoms with E-state index in [-0.39, 0.29) is 5.41 Å². The maximum absolute atomic E-state index is 9.09. The molecule has 1 aliphatic carbocycles. The summed E-state index contributed by atoms with van der Waals surface area (Å²) >= 11 is 0. The van der Waals surface area contributed by atoms with Crippen molar-refractivity contribution in [3.63, 3.8) is 0 Å². The highest BCUT2D eigenvalue weighted by Crippen LogP contribution is 2.44. The predicted octanol–water partition coefficient (Wildman–Crippen LogP) is 1.78. The normalized spacial score (nSPS) is 21.5. The van der Waals surface area contributed by atoms with Gasteiger partial charge in [0.05, 0.1) is 0 Å². The Bertz CT molecular complexity index is 143. The topological polar surface area (TPSA) is 32.3 Å². The van der Waals surface area contributed by atoms with Crippen molar-refractivity contribution < 1.29 is 5.11 Å². The third-order valence-electron chi connectivity index (χ3n) is 3.07.